The standard InChI is InChI=1S/C20H17F3N6O3/c21-20(22,23)19-26-25-15-5-6-16(27-29(15)19)28-9-7-12(8-10-28)18(30)31-11-17-24-13-3-1-2-4-14(13)32-17/h1-6,12H,7-11H2. The summed E-state index contributed by atoms with van der Waals surface area (Å²) in [6.07, 6.45) is -3.68. The molecule has 0 aliphatic carbocycles. The molecule has 9 nitrogen and oxygen atoms in total. The molecule has 32 heavy (non-hydrogen) atoms. The molecule has 4 heterocycles. The first kappa shape index (κ1) is 20.2. The van der Waals surface area contributed by atoms with Gasteiger partial charge in [0.2, 0.25) is 5.89 Å². The van der Waals surface area contributed by atoms with Crippen LogP contribution in [0.1, 0.15) is 24.6 Å². The van der Waals surface area contributed by atoms with Crippen molar-refractivity contribution in [2.75, 3.05) is 18.0 Å². The highest BCUT2D eigenvalue weighted by molar-refractivity contribution is 5.73. The summed E-state index contributed by atoms with van der Waals surface area (Å²) in [5.74, 6) is -1.16. The van der Waals surface area contributed by atoms with Crippen molar-refractivity contribution in [1.82, 2.24) is 24.8 Å². The van der Waals surface area contributed by atoms with Crippen molar-refractivity contribution in [2.24, 2.45) is 5.92 Å². The molecule has 4 aromatic rings. The molecule has 1 saturated heterocycles. The number of aromatic nitrogens is 5. The fraction of sp³-hybridized carbons (Fsp3) is 0.350. The highest BCUT2D eigenvalue weighted by Crippen LogP contribution is 2.29. The Kier molecular flexibility index (Phi) is 4.91. The van der Waals surface area contributed by atoms with E-state index < -0.39 is 12.0 Å². The summed E-state index contributed by atoms with van der Waals surface area (Å²) in [7, 11) is 0. The first-order chi connectivity index (χ1) is 15.4. The third kappa shape index (κ3) is 3.83. The number of ether oxygens (including phenoxy) is 1. The smallest absolute Gasteiger partial charge is 0.453 e. The maximum atomic E-state index is 13.1. The molecule has 5 rings (SSSR count). The van der Waals surface area contributed by atoms with Gasteiger partial charge in [0.25, 0.3) is 5.82 Å². The molecule has 166 valence electrons. The molecule has 1 aromatic carbocycles. The van der Waals surface area contributed by atoms with Crippen LogP contribution in [0.4, 0.5) is 19.0 Å². The number of alkyl halides is 3. The number of fused-ring (bicyclic) bond motifs is 2. The Morgan fingerprint density at radius 3 is 2.66 bits per heavy atom. The number of oxazole rings is 1. The van der Waals surface area contributed by atoms with Crippen molar-refractivity contribution in [2.45, 2.75) is 25.6 Å². The summed E-state index contributed by atoms with van der Waals surface area (Å²) in [5, 5.41) is 10.7. The zero-order valence-corrected chi connectivity index (χ0v) is 16.6. The summed E-state index contributed by atoms with van der Waals surface area (Å²) in [6, 6.07) is 10.3. The van der Waals surface area contributed by atoms with Gasteiger partial charge in [-0.2, -0.15) is 17.7 Å². The lowest BCUT2D eigenvalue weighted by Crippen LogP contribution is -2.37. The van der Waals surface area contributed by atoms with Crippen LogP contribution in [0.15, 0.2) is 40.8 Å². The average Bonchev–Trinajstić information content (AvgIpc) is 3.40. The van der Waals surface area contributed by atoms with Gasteiger partial charge < -0.3 is 14.1 Å². The molecule has 0 atom stereocenters. The van der Waals surface area contributed by atoms with E-state index in [1.54, 1.807) is 12.1 Å². The van der Waals surface area contributed by atoms with Gasteiger partial charge in [-0.25, -0.2) is 4.98 Å². The van der Waals surface area contributed by atoms with Crippen molar-refractivity contribution in [3.63, 3.8) is 0 Å². The van der Waals surface area contributed by atoms with E-state index in [4.69, 9.17) is 9.15 Å². The summed E-state index contributed by atoms with van der Waals surface area (Å²) in [4.78, 5) is 18.6. The molecular weight excluding hydrogens is 429 g/mol. The highest BCUT2D eigenvalue weighted by Gasteiger charge is 2.38. The van der Waals surface area contributed by atoms with Gasteiger partial charge in [0, 0.05) is 13.1 Å². The molecule has 12 heteroatoms. The second kappa shape index (κ2) is 7.77. The molecular formula is C20H17F3N6O3. The Morgan fingerprint density at radius 1 is 1.12 bits per heavy atom. The summed E-state index contributed by atoms with van der Waals surface area (Å²) >= 11 is 0. The van der Waals surface area contributed by atoms with E-state index in [1.165, 1.54) is 6.07 Å². The molecule has 0 saturated carbocycles. The quantitative estimate of drug-likeness (QED) is 0.441. The van der Waals surface area contributed by atoms with Crippen molar-refractivity contribution in [3.8, 4) is 0 Å². The normalized spacial score (nSPS) is 15.5. The number of benzene rings is 1. The van der Waals surface area contributed by atoms with Crippen LogP contribution in [0.3, 0.4) is 0 Å². The third-order valence-electron chi connectivity index (χ3n) is 5.33. The van der Waals surface area contributed by atoms with Crippen LogP contribution in [0.25, 0.3) is 16.7 Å². The van der Waals surface area contributed by atoms with Gasteiger partial charge in [0.15, 0.2) is 17.8 Å². The number of hydrogen-bond acceptors (Lipinski definition) is 8. The molecule has 0 bridgehead atoms. The van der Waals surface area contributed by atoms with Gasteiger partial charge in [-0.15, -0.1) is 15.3 Å². The Morgan fingerprint density at radius 2 is 1.91 bits per heavy atom. The number of hydrogen-bond donors (Lipinski definition) is 0. The van der Waals surface area contributed by atoms with Crippen molar-refractivity contribution in [3.05, 3.63) is 48.1 Å². The molecule has 1 aliphatic rings. The van der Waals surface area contributed by atoms with E-state index in [0.717, 1.165) is 0 Å². The van der Waals surface area contributed by atoms with Gasteiger partial charge >= 0.3 is 12.1 Å². The average molecular weight is 446 g/mol. The monoisotopic (exact) mass is 446 g/mol. The van der Waals surface area contributed by atoms with E-state index in [-0.39, 0.29) is 24.1 Å². The van der Waals surface area contributed by atoms with Crippen LogP contribution in [-0.2, 0) is 22.3 Å². The molecule has 0 spiro atoms. The number of anilines is 1. The Hall–Kier alpha value is -3.70. The van der Waals surface area contributed by atoms with E-state index >= 15 is 0 Å². The minimum Gasteiger partial charge on any atom is -0.455 e. The van der Waals surface area contributed by atoms with Crippen molar-refractivity contribution >= 4 is 28.5 Å². The fourth-order valence-electron chi connectivity index (χ4n) is 3.70. The lowest BCUT2D eigenvalue weighted by atomic mass is 9.97. The zero-order valence-electron chi connectivity index (χ0n) is 16.6. The molecule has 1 fully saturated rings. The van der Waals surface area contributed by atoms with Crippen molar-refractivity contribution < 1.29 is 27.1 Å². The number of esters is 1. The van der Waals surface area contributed by atoms with Crippen LogP contribution in [0.5, 0.6) is 0 Å². The number of para-hydroxylation sites is 2. The summed E-state index contributed by atoms with van der Waals surface area (Å²) in [5.41, 5.74) is 1.33. The SMILES string of the molecule is O=C(OCc1nc2ccccc2o1)C1CCN(c2ccc3nnc(C(F)(F)F)n3n2)CC1. The van der Waals surface area contributed by atoms with Crippen LogP contribution in [0, 0.1) is 5.92 Å². The van der Waals surface area contributed by atoms with E-state index in [9.17, 15) is 18.0 Å². The van der Waals surface area contributed by atoms with Crippen LogP contribution in [0.2, 0.25) is 0 Å². The number of nitrogens with zero attached hydrogens (tertiary/aromatic N) is 6. The van der Waals surface area contributed by atoms with Crippen LogP contribution in [-0.4, -0.2) is 43.9 Å². The van der Waals surface area contributed by atoms with E-state index in [1.807, 2.05) is 23.1 Å². The van der Waals surface area contributed by atoms with Crippen LogP contribution < -0.4 is 4.90 Å². The first-order valence-electron chi connectivity index (χ1n) is 9.94. The second-order valence-corrected chi connectivity index (χ2v) is 7.43. The number of carbonyl (C=O) groups is 1. The maximum Gasteiger partial charge on any atom is 0.453 e. The minimum atomic E-state index is -4.66. The first-order valence-corrected chi connectivity index (χ1v) is 9.94. The molecule has 0 N–H and O–H groups in total. The number of carbonyl (C=O) groups excluding carboxylic acids is 1. The predicted molar refractivity (Wildman–Crippen MR) is 105 cm³/mol. The van der Waals surface area contributed by atoms with Gasteiger partial charge in [0.05, 0.1) is 5.92 Å². The maximum absolute atomic E-state index is 13.1. The number of rotatable bonds is 4. The van der Waals surface area contributed by atoms with Crippen molar-refractivity contribution in [1.29, 1.82) is 0 Å². The summed E-state index contributed by atoms with van der Waals surface area (Å²) < 4.78 is 50.8. The van der Waals surface area contributed by atoms with E-state index in [0.29, 0.717) is 53.3 Å². The lowest BCUT2D eigenvalue weighted by Gasteiger charge is -2.31. The molecule has 0 amide bonds. The number of halogens is 3. The van der Waals surface area contributed by atoms with Gasteiger partial charge in [-0.05, 0) is 37.1 Å². The zero-order chi connectivity index (χ0) is 22.3. The third-order valence-corrected chi connectivity index (χ3v) is 5.33. The Balaban J connectivity index is 1.20. The van der Waals surface area contributed by atoms with Gasteiger partial charge in [-0.1, -0.05) is 12.1 Å². The highest BCUT2D eigenvalue weighted by atomic mass is 19.4. The fourth-order valence-corrected chi connectivity index (χ4v) is 3.70. The van der Waals surface area contributed by atoms with Gasteiger partial charge in [-0.3, -0.25) is 4.79 Å². The predicted octanol–water partition coefficient (Wildman–Crippen LogP) is 3.24. The molecule has 0 unspecified atom stereocenters. The van der Waals surface area contributed by atoms with E-state index in [2.05, 4.69) is 20.3 Å². The lowest BCUT2D eigenvalue weighted by molar-refractivity contribution is -0.151. The van der Waals surface area contributed by atoms with Crippen LogP contribution >= 0.6 is 0 Å². The molecule has 3 aromatic heterocycles. The Bertz CT molecular complexity index is 1240. The Labute approximate surface area is 178 Å². The number of piperidine rings is 1. The molecule has 1 aliphatic heterocycles. The summed E-state index contributed by atoms with van der Waals surface area (Å²) in [6.45, 7) is 0.842. The molecule has 0 radical (unpaired) electrons. The second-order valence-electron chi connectivity index (χ2n) is 7.43. The largest absolute Gasteiger partial charge is 0.455 e. The van der Waals surface area contributed by atoms with Gasteiger partial charge in [0.1, 0.15) is 11.3 Å². The topological polar surface area (TPSA) is 98.7 Å². The minimum absolute atomic E-state index is 0.0127.